The molecule has 1 aromatic carbocycles. The monoisotopic (exact) mass is 278 g/mol. The molecule has 0 aliphatic heterocycles. The smallest absolute Gasteiger partial charge is 0.128 e. The van der Waals surface area contributed by atoms with Crippen LogP contribution in [0.3, 0.4) is 0 Å². The number of rotatable bonds is 6. The molecule has 0 unspecified atom stereocenters. The van der Waals surface area contributed by atoms with Gasteiger partial charge < -0.3 is 14.8 Å². The van der Waals surface area contributed by atoms with Gasteiger partial charge in [-0.25, -0.2) is 4.98 Å². The zero-order valence-electron chi connectivity index (χ0n) is 11.4. The lowest BCUT2D eigenvalue weighted by Gasteiger charge is -2.08. The van der Waals surface area contributed by atoms with E-state index in [9.17, 15) is 0 Å². The predicted molar refractivity (Wildman–Crippen MR) is 78.3 cm³/mol. The van der Waals surface area contributed by atoms with Gasteiger partial charge in [0, 0.05) is 23.9 Å². The van der Waals surface area contributed by atoms with Crippen molar-refractivity contribution in [1.29, 1.82) is 0 Å². The van der Waals surface area contributed by atoms with Crippen molar-refractivity contribution < 1.29 is 9.47 Å². The number of nitrogens with one attached hydrogen (secondary N) is 1. The van der Waals surface area contributed by atoms with Gasteiger partial charge in [0.25, 0.3) is 0 Å². The Bertz CT molecular complexity index is 540. The number of hydrogen-bond acceptors (Lipinski definition) is 5. The van der Waals surface area contributed by atoms with Gasteiger partial charge in [0.2, 0.25) is 0 Å². The lowest BCUT2D eigenvalue weighted by atomic mass is 10.1. The number of aromatic nitrogens is 1. The summed E-state index contributed by atoms with van der Waals surface area (Å²) in [5.41, 5.74) is 1.90. The third-order valence-corrected chi connectivity index (χ3v) is 3.73. The first-order chi connectivity index (χ1) is 9.28. The van der Waals surface area contributed by atoms with Gasteiger partial charge in [-0.3, -0.25) is 0 Å². The molecule has 0 spiro atoms. The van der Waals surface area contributed by atoms with Gasteiger partial charge in [-0.2, -0.15) is 0 Å². The van der Waals surface area contributed by atoms with Crippen LogP contribution in [-0.4, -0.2) is 32.8 Å². The molecule has 0 bridgehead atoms. The second-order valence-electron chi connectivity index (χ2n) is 4.05. The molecule has 102 valence electrons. The summed E-state index contributed by atoms with van der Waals surface area (Å²) < 4.78 is 10.6. The topological polar surface area (TPSA) is 43.4 Å². The number of hydrogen-bond donors (Lipinski definition) is 1. The molecule has 0 saturated heterocycles. The number of ether oxygens (including phenoxy) is 2. The molecule has 1 N–H and O–H groups in total. The van der Waals surface area contributed by atoms with E-state index in [1.807, 2.05) is 25.2 Å². The first kappa shape index (κ1) is 13.8. The quantitative estimate of drug-likeness (QED) is 0.882. The largest absolute Gasteiger partial charge is 0.497 e. The summed E-state index contributed by atoms with van der Waals surface area (Å²) in [4.78, 5) is 4.64. The van der Waals surface area contributed by atoms with Gasteiger partial charge >= 0.3 is 0 Å². The van der Waals surface area contributed by atoms with Gasteiger partial charge in [-0.05, 0) is 25.2 Å². The van der Waals surface area contributed by atoms with E-state index in [1.165, 1.54) is 0 Å². The summed E-state index contributed by atoms with van der Waals surface area (Å²) >= 11 is 1.67. The Kier molecular flexibility index (Phi) is 4.76. The molecule has 0 fully saturated rings. The Balaban J connectivity index is 2.31. The van der Waals surface area contributed by atoms with Crippen LogP contribution in [0.5, 0.6) is 11.5 Å². The van der Waals surface area contributed by atoms with Crippen LogP contribution in [0, 0.1) is 0 Å². The fourth-order valence-corrected chi connectivity index (χ4v) is 2.59. The van der Waals surface area contributed by atoms with Gasteiger partial charge in [0.1, 0.15) is 11.5 Å². The van der Waals surface area contributed by atoms with Gasteiger partial charge in [-0.15, -0.1) is 11.3 Å². The fourth-order valence-electron chi connectivity index (χ4n) is 1.80. The Morgan fingerprint density at radius 2 is 2.11 bits per heavy atom. The zero-order chi connectivity index (χ0) is 13.7. The minimum Gasteiger partial charge on any atom is -0.497 e. The molecule has 19 heavy (non-hydrogen) atoms. The Hall–Kier alpha value is -1.59. The van der Waals surface area contributed by atoms with Crippen LogP contribution in [0.15, 0.2) is 23.6 Å². The third-order valence-electron chi connectivity index (χ3n) is 2.82. The van der Waals surface area contributed by atoms with Crippen molar-refractivity contribution in [2.24, 2.45) is 0 Å². The lowest BCUT2D eigenvalue weighted by molar-refractivity contribution is 0.404. The Morgan fingerprint density at radius 3 is 2.79 bits per heavy atom. The van der Waals surface area contributed by atoms with Crippen molar-refractivity contribution in [3.63, 3.8) is 0 Å². The van der Waals surface area contributed by atoms with Crippen molar-refractivity contribution >= 4 is 11.3 Å². The van der Waals surface area contributed by atoms with E-state index in [0.717, 1.165) is 40.7 Å². The summed E-state index contributed by atoms with van der Waals surface area (Å²) in [6, 6.07) is 5.74. The summed E-state index contributed by atoms with van der Waals surface area (Å²) in [5.74, 6) is 1.62. The molecule has 5 heteroatoms. The first-order valence-corrected chi connectivity index (χ1v) is 6.98. The maximum Gasteiger partial charge on any atom is 0.128 e. The van der Waals surface area contributed by atoms with E-state index in [-0.39, 0.29) is 0 Å². The molecule has 0 atom stereocenters. The van der Waals surface area contributed by atoms with Gasteiger partial charge in [0.15, 0.2) is 0 Å². The summed E-state index contributed by atoms with van der Waals surface area (Å²) in [6.07, 6.45) is 0.938. The summed E-state index contributed by atoms with van der Waals surface area (Å²) in [7, 11) is 5.27. The average molecular weight is 278 g/mol. The fraction of sp³-hybridized carbons (Fsp3) is 0.357. The van der Waals surface area contributed by atoms with E-state index in [2.05, 4.69) is 15.7 Å². The van der Waals surface area contributed by atoms with Crippen LogP contribution < -0.4 is 14.8 Å². The van der Waals surface area contributed by atoms with Crippen LogP contribution in [0.25, 0.3) is 11.3 Å². The summed E-state index contributed by atoms with van der Waals surface area (Å²) in [6.45, 7) is 0.933. The maximum absolute atomic E-state index is 5.39. The second-order valence-corrected chi connectivity index (χ2v) is 4.99. The van der Waals surface area contributed by atoms with E-state index in [0.29, 0.717) is 0 Å². The molecule has 0 radical (unpaired) electrons. The van der Waals surface area contributed by atoms with Crippen molar-refractivity contribution in [3.8, 4) is 22.8 Å². The van der Waals surface area contributed by atoms with Gasteiger partial charge in [-0.1, -0.05) is 0 Å². The van der Waals surface area contributed by atoms with Crippen molar-refractivity contribution in [2.75, 3.05) is 27.8 Å². The van der Waals surface area contributed by atoms with Crippen LogP contribution in [0.2, 0.25) is 0 Å². The standard InChI is InChI=1S/C14H18N2O2S/c1-15-7-6-14-16-12(9-19-14)11-8-10(17-2)4-5-13(11)18-3/h4-5,8-9,15H,6-7H2,1-3H3. The molecule has 1 heterocycles. The lowest BCUT2D eigenvalue weighted by Crippen LogP contribution is -2.09. The molecule has 2 rings (SSSR count). The molecule has 4 nitrogen and oxygen atoms in total. The SMILES string of the molecule is CNCCc1nc(-c2cc(OC)ccc2OC)cs1. The van der Waals surface area contributed by atoms with Crippen LogP contribution in [0.4, 0.5) is 0 Å². The number of benzene rings is 1. The maximum atomic E-state index is 5.39. The Labute approximate surface area is 117 Å². The molecular formula is C14H18N2O2S. The minimum atomic E-state index is 0.806. The normalized spacial score (nSPS) is 10.5. The van der Waals surface area contributed by atoms with E-state index < -0.39 is 0 Å². The van der Waals surface area contributed by atoms with Crippen molar-refractivity contribution in [1.82, 2.24) is 10.3 Å². The predicted octanol–water partition coefficient (Wildman–Crippen LogP) is 2.59. The van der Waals surface area contributed by atoms with Gasteiger partial charge in [0.05, 0.1) is 24.9 Å². The number of nitrogens with zero attached hydrogens (tertiary/aromatic N) is 1. The highest BCUT2D eigenvalue weighted by molar-refractivity contribution is 7.09. The van der Waals surface area contributed by atoms with Crippen LogP contribution in [0.1, 0.15) is 5.01 Å². The first-order valence-electron chi connectivity index (χ1n) is 6.10. The number of thiazole rings is 1. The molecule has 0 aliphatic rings. The molecule has 0 aliphatic carbocycles. The van der Waals surface area contributed by atoms with E-state index in [4.69, 9.17) is 9.47 Å². The molecule has 0 saturated carbocycles. The van der Waals surface area contributed by atoms with Crippen LogP contribution >= 0.6 is 11.3 Å². The van der Waals surface area contributed by atoms with Crippen molar-refractivity contribution in [2.45, 2.75) is 6.42 Å². The highest BCUT2D eigenvalue weighted by Gasteiger charge is 2.11. The molecule has 1 aromatic heterocycles. The molecule has 2 aromatic rings. The Morgan fingerprint density at radius 1 is 1.26 bits per heavy atom. The van der Waals surface area contributed by atoms with Crippen molar-refractivity contribution in [3.05, 3.63) is 28.6 Å². The highest BCUT2D eigenvalue weighted by Crippen LogP contribution is 2.33. The summed E-state index contributed by atoms with van der Waals surface area (Å²) in [5, 5.41) is 6.31. The number of likely N-dealkylation sites (N-methyl/N-ethyl adjacent to an activating group) is 1. The number of methoxy groups -OCH3 is 2. The second kappa shape index (κ2) is 6.54. The minimum absolute atomic E-state index is 0.806. The average Bonchev–Trinajstić information content (AvgIpc) is 2.93. The van der Waals surface area contributed by atoms with E-state index >= 15 is 0 Å². The highest BCUT2D eigenvalue weighted by atomic mass is 32.1. The zero-order valence-corrected chi connectivity index (χ0v) is 12.2. The third kappa shape index (κ3) is 3.24. The molecule has 0 amide bonds. The van der Waals surface area contributed by atoms with Crippen LogP contribution in [-0.2, 0) is 6.42 Å². The molecular weight excluding hydrogens is 260 g/mol. The van der Waals surface area contributed by atoms with E-state index in [1.54, 1.807) is 25.6 Å².